The standard InChI is InChI=1S/C20H24N4O4/c25-16(26)9-5-11-21-19(27)24-12-15-8-4-10-20(15,13-24)18-22-17(23-28-18)14-6-2-1-3-7-14/h1-3,6-7,15H,4-5,8-13H2,(H,21,27)(H,25,26)/t15-,20-/m1/s1. The number of carboxylic acid groups (broad SMARTS) is 1. The van der Waals surface area contributed by atoms with Gasteiger partial charge in [0.25, 0.3) is 0 Å². The number of carbonyl (C=O) groups is 2. The Bertz CT molecular complexity index is 853. The van der Waals surface area contributed by atoms with Gasteiger partial charge in [-0.05, 0) is 25.2 Å². The number of nitrogens with one attached hydrogen (secondary N) is 1. The number of carbonyl (C=O) groups excluding carboxylic acids is 1. The van der Waals surface area contributed by atoms with E-state index in [2.05, 4.69) is 15.5 Å². The third-order valence-corrected chi connectivity index (χ3v) is 5.89. The summed E-state index contributed by atoms with van der Waals surface area (Å²) in [7, 11) is 0. The van der Waals surface area contributed by atoms with Crippen LogP contribution in [0.2, 0.25) is 0 Å². The smallest absolute Gasteiger partial charge is 0.317 e. The van der Waals surface area contributed by atoms with Crippen LogP contribution >= 0.6 is 0 Å². The van der Waals surface area contributed by atoms with Gasteiger partial charge in [-0.25, -0.2) is 4.79 Å². The van der Waals surface area contributed by atoms with Crippen molar-refractivity contribution in [2.75, 3.05) is 19.6 Å². The lowest BCUT2D eigenvalue weighted by Gasteiger charge is -2.24. The monoisotopic (exact) mass is 384 g/mol. The van der Waals surface area contributed by atoms with Crippen molar-refractivity contribution in [3.8, 4) is 11.4 Å². The van der Waals surface area contributed by atoms with E-state index in [1.165, 1.54) is 0 Å². The maximum absolute atomic E-state index is 12.5. The highest BCUT2D eigenvalue weighted by Gasteiger charge is 2.55. The highest BCUT2D eigenvalue weighted by molar-refractivity contribution is 5.75. The van der Waals surface area contributed by atoms with Crippen LogP contribution in [0.4, 0.5) is 4.79 Å². The van der Waals surface area contributed by atoms with Gasteiger partial charge in [-0.3, -0.25) is 4.79 Å². The molecular weight excluding hydrogens is 360 g/mol. The van der Waals surface area contributed by atoms with Crippen LogP contribution in [0.15, 0.2) is 34.9 Å². The Morgan fingerprint density at radius 3 is 2.93 bits per heavy atom. The molecule has 2 atom stereocenters. The fourth-order valence-electron chi connectivity index (χ4n) is 4.47. The Labute approximate surface area is 162 Å². The molecule has 2 N–H and O–H groups in total. The van der Waals surface area contributed by atoms with Crippen LogP contribution in [0.3, 0.4) is 0 Å². The van der Waals surface area contributed by atoms with E-state index >= 15 is 0 Å². The lowest BCUT2D eigenvalue weighted by molar-refractivity contribution is -0.137. The van der Waals surface area contributed by atoms with Crippen molar-refractivity contribution in [3.63, 3.8) is 0 Å². The fourth-order valence-corrected chi connectivity index (χ4v) is 4.47. The number of benzene rings is 1. The van der Waals surface area contributed by atoms with Crippen LogP contribution in [0.5, 0.6) is 0 Å². The summed E-state index contributed by atoms with van der Waals surface area (Å²) >= 11 is 0. The van der Waals surface area contributed by atoms with E-state index < -0.39 is 5.97 Å². The molecule has 1 aromatic carbocycles. The van der Waals surface area contributed by atoms with Gasteiger partial charge in [0.2, 0.25) is 11.7 Å². The number of likely N-dealkylation sites (tertiary alicyclic amines) is 1. The predicted molar refractivity (Wildman–Crippen MR) is 101 cm³/mol. The quantitative estimate of drug-likeness (QED) is 0.741. The first kappa shape index (κ1) is 18.5. The number of aliphatic carboxylic acids is 1. The van der Waals surface area contributed by atoms with E-state index in [4.69, 9.17) is 9.63 Å². The highest BCUT2D eigenvalue weighted by Crippen LogP contribution is 2.50. The Hall–Kier alpha value is -2.90. The second kappa shape index (κ2) is 7.61. The van der Waals surface area contributed by atoms with Crippen LogP contribution in [-0.2, 0) is 10.2 Å². The number of fused-ring (bicyclic) bond motifs is 1. The van der Waals surface area contributed by atoms with Crippen molar-refractivity contribution in [3.05, 3.63) is 36.2 Å². The summed E-state index contributed by atoms with van der Waals surface area (Å²) in [6.07, 6.45) is 3.52. The van der Waals surface area contributed by atoms with Crippen molar-refractivity contribution in [2.45, 2.75) is 37.5 Å². The summed E-state index contributed by atoms with van der Waals surface area (Å²) in [5, 5.41) is 15.7. The van der Waals surface area contributed by atoms with Crippen molar-refractivity contribution in [1.29, 1.82) is 0 Å². The summed E-state index contributed by atoms with van der Waals surface area (Å²) in [4.78, 5) is 29.6. The van der Waals surface area contributed by atoms with Crippen molar-refractivity contribution >= 4 is 12.0 Å². The first-order chi connectivity index (χ1) is 13.6. The van der Waals surface area contributed by atoms with Gasteiger partial charge in [-0.15, -0.1) is 0 Å². The maximum Gasteiger partial charge on any atom is 0.317 e. The third kappa shape index (κ3) is 3.46. The first-order valence-electron chi connectivity index (χ1n) is 9.73. The zero-order chi connectivity index (χ0) is 19.6. The average Bonchev–Trinajstić information content (AvgIpc) is 3.39. The molecule has 4 rings (SSSR count). The van der Waals surface area contributed by atoms with Gasteiger partial charge in [0.1, 0.15) is 0 Å². The Kier molecular flexibility index (Phi) is 5.02. The van der Waals surface area contributed by atoms with Gasteiger partial charge < -0.3 is 19.8 Å². The van der Waals surface area contributed by atoms with Gasteiger partial charge in [0.15, 0.2) is 0 Å². The van der Waals surface area contributed by atoms with Gasteiger partial charge in [-0.2, -0.15) is 4.98 Å². The summed E-state index contributed by atoms with van der Waals surface area (Å²) in [6.45, 7) is 1.57. The molecule has 8 nitrogen and oxygen atoms in total. The van der Waals surface area contributed by atoms with E-state index in [-0.39, 0.29) is 17.9 Å². The Balaban J connectivity index is 1.46. The number of urea groups is 1. The zero-order valence-electron chi connectivity index (χ0n) is 15.6. The van der Waals surface area contributed by atoms with Crippen LogP contribution in [0.1, 0.15) is 38.0 Å². The van der Waals surface area contributed by atoms with E-state index in [0.29, 0.717) is 43.7 Å². The molecule has 8 heteroatoms. The van der Waals surface area contributed by atoms with Crippen LogP contribution in [0, 0.1) is 5.92 Å². The maximum atomic E-state index is 12.5. The van der Waals surface area contributed by atoms with Crippen molar-refractivity contribution < 1.29 is 19.2 Å². The molecule has 1 aromatic heterocycles. The predicted octanol–water partition coefficient (Wildman–Crippen LogP) is 2.66. The van der Waals surface area contributed by atoms with E-state index in [1.54, 1.807) is 4.90 Å². The number of hydrogen-bond donors (Lipinski definition) is 2. The van der Waals surface area contributed by atoms with Crippen molar-refractivity contribution in [2.24, 2.45) is 5.92 Å². The fraction of sp³-hybridized carbons (Fsp3) is 0.500. The van der Waals surface area contributed by atoms with Gasteiger partial charge >= 0.3 is 12.0 Å². The SMILES string of the molecule is O=C(O)CCCNC(=O)N1C[C@H]2CCC[C@@]2(c2nc(-c3ccccc3)no2)C1. The molecule has 2 heterocycles. The lowest BCUT2D eigenvalue weighted by Crippen LogP contribution is -2.41. The summed E-state index contributed by atoms with van der Waals surface area (Å²) in [5.74, 6) is 0.651. The van der Waals surface area contributed by atoms with Crippen molar-refractivity contribution in [1.82, 2.24) is 20.4 Å². The Morgan fingerprint density at radius 1 is 1.32 bits per heavy atom. The Morgan fingerprint density at radius 2 is 2.14 bits per heavy atom. The third-order valence-electron chi connectivity index (χ3n) is 5.89. The molecular formula is C20H24N4O4. The molecule has 1 saturated carbocycles. The van der Waals surface area contributed by atoms with Gasteiger partial charge in [-0.1, -0.05) is 41.9 Å². The topological polar surface area (TPSA) is 109 Å². The number of hydrogen-bond acceptors (Lipinski definition) is 5. The molecule has 2 aromatic rings. The number of aromatic nitrogens is 2. The molecule has 1 saturated heterocycles. The molecule has 2 aliphatic rings. The average molecular weight is 384 g/mol. The number of carboxylic acids is 1. The minimum Gasteiger partial charge on any atom is -0.481 e. The number of amides is 2. The van der Waals surface area contributed by atoms with E-state index in [9.17, 15) is 9.59 Å². The van der Waals surface area contributed by atoms with Crippen LogP contribution in [-0.4, -0.2) is 51.8 Å². The second-order valence-electron chi connectivity index (χ2n) is 7.64. The zero-order valence-corrected chi connectivity index (χ0v) is 15.6. The second-order valence-corrected chi connectivity index (χ2v) is 7.64. The summed E-state index contributed by atoms with van der Waals surface area (Å²) in [5.41, 5.74) is 0.632. The minimum absolute atomic E-state index is 0.0527. The molecule has 0 unspecified atom stereocenters. The molecule has 2 amide bonds. The van der Waals surface area contributed by atoms with Crippen LogP contribution in [0.25, 0.3) is 11.4 Å². The number of rotatable bonds is 6. The van der Waals surface area contributed by atoms with Gasteiger partial charge in [0, 0.05) is 31.6 Å². The highest BCUT2D eigenvalue weighted by atomic mass is 16.5. The summed E-state index contributed by atoms with van der Waals surface area (Å²) in [6, 6.07) is 9.57. The molecule has 0 radical (unpaired) electrons. The lowest BCUT2D eigenvalue weighted by atomic mass is 9.80. The largest absolute Gasteiger partial charge is 0.481 e. The van der Waals surface area contributed by atoms with E-state index in [0.717, 1.165) is 24.8 Å². The normalized spacial score (nSPS) is 23.6. The number of nitrogens with zero attached hydrogens (tertiary/aromatic N) is 3. The molecule has 28 heavy (non-hydrogen) atoms. The molecule has 1 aliphatic carbocycles. The van der Waals surface area contributed by atoms with Gasteiger partial charge in [0.05, 0.1) is 5.41 Å². The minimum atomic E-state index is -0.852. The summed E-state index contributed by atoms with van der Waals surface area (Å²) < 4.78 is 5.68. The molecule has 1 aliphatic heterocycles. The van der Waals surface area contributed by atoms with Crippen LogP contribution < -0.4 is 5.32 Å². The van der Waals surface area contributed by atoms with E-state index in [1.807, 2.05) is 30.3 Å². The first-order valence-corrected chi connectivity index (χ1v) is 9.73. The molecule has 0 spiro atoms. The molecule has 0 bridgehead atoms. The molecule has 148 valence electrons. The molecule has 2 fully saturated rings.